The molecule has 0 saturated heterocycles. The molecule has 0 spiro atoms. The second-order valence-electron chi connectivity index (χ2n) is 2.64. The fourth-order valence-electron chi connectivity index (χ4n) is 1.00. The van der Waals surface area contributed by atoms with Crippen LogP contribution in [0.2, 0.25) is 5.02 Å². The molecule has 0 N–H and O–H groups in total. The Hall–Kier alpha value is 0.200. The van der Waals surface area contributed by atoms with E-state index in [1.807, 2.05) is 13.0 Å². The number of halogens is 3. The third kappa shape index (κ3) is 2.58. The number of Topliss-reactive ketones (excluding diaryl/α,β-unsaturated/α-hetero) is 1. The number of hydrogen-bond donors (Lipinski definition) is 0. The average Bonchev–Trinajstić information content (AvgIpc) is 2.10. The largest absolute Gasteiger partial charge is 0.293 e. The zero-order valence-electron chi connectivity index (χ0n) is 6.90. The molecular formula is C9H7Cl2IO. The van der Waals surface area contributed by atoms with Crippen molar-refractivity contribution in [2.24, 2.45) is 0 Å². The van der Waals surface area contributed by atoms with Crippen molar-refractivity contribution in [2.75, 3.05) is 5.88 Å². The minimum atomic E-state index is -0.0864. The first-order chi connectivity index (χ1) is 6.06. The Morgan fingerprint density at radius 3 is 2.69 bits per heavy atom. The first kappa shape index (κ1) is 11.3. The standard InChI is InChI=1S/C9H7Cl2IO/c1-5-2-6(11)3-7(9(5)12)8(13)4-10/h2-3H,4H2,1H3. The number of carbonyl (C=O) groups excluding carboxylic acids is 1. The van der Waals surface area contributed by atoms with Crippen LogP contribution < -0.4 is 0 Å². The molecule has 0 aromatic heterocycles. The van der Waals surface area contributed by atoms with Crippen LogP contribution in [0, 0.1) is 10.5 Å². The number of aryl methyl sites for hydroxylation is 1. The zero-order valence-corrected chi connectivity index (χ0v) is 10.6. The molecule has 0 aliphatic heterocycles. The van der Waals surface area contributed by atoms with Gasteiger partial charge < -0.3 is 0 Å². The highest BCUT2D eigenvalue weighted by Crippen LogP contribution is 2.22. The molecule has 0 saturated carbocycles. The molecule has 0 fully saturated rings. The number of benzene rings is 1. The Balaban J connectivity index is 3.28. The van der Waals surface area contributed by atoms with Gasteiger partial charge in [-0.1, -0.05) is 11.6 Å². The molecule has 1 aromatic rings. The zero-order chi connectivity index (χ0) is 10.0. The molecule has 13 heavy (non-hydrogen) atoms. The highest BCUT2D eigenvalue weighted by atomic mass is 127. The van der Waals surface area contributed by atoms with E-state index in [2.05, 4.69) is 22.6 Å². The van der Waals surface area contributed by atoms with Gasteiger partial charge in [-0.15, -0.1) is 11.6 Å². The number of rotatable bonds is 2. The third-order valence-electron chi connectivity index (χ3n) is 1.64. The maximum absolute atomic E-state index is 11.3. The summed E-state index contributed by atoms with van der Waals surface area (Å²) < 4.78 is 0.924. The first-order valence-electron chi connectivity index (χ1n) is 3.61. The van der Waals surface area contributed by atoms with E-state index in [0.717, 1.165) is 9.13 Å². The fourth-order valence-corrected chi connectivity index (χ4v) is 2.03. The summed E-state index contributed by atoms with van der Waals surface area (Å²) in [4.78, 5) is 11.3. The second-order valence-corrected chi connectivity index (χ2v) is 4.42. The molecule has 0 aliphatic rings. The van der Waals surface area contributed by atoms with Crippen molar-refractivity contribution in [3.63, 3.8) is 0 Å². The van der Waals surface area contributed by atoms with Crippen LogP contribution in [0.4, 0.5) is 0 Å². The van der Waals surface area contributed by atoms with E-state index in [1.165, 1.54) is 0 Å². The van der Waals surface area contributed by atoms with Gasteiger partial charge in [0.1, 0.15) is 0 Å². The molecule has 0 aliphatic carbocycles. The predicted octanol–water partition coefficient (Wildman–Crippen LogP) is 3.67. The van der Waals surface area contributed by atoms with Gasteiger partial charge in [-0.2, -0.15) is 0 Å². The highest BCUT2D eigenvalue weighted by Gasteiger charge is 2.11. The smallest absolute Gasteiger partial charge is 0.178 e. The van der Waals surface area contributed by atoms with Crippen molar-refractivity contribution in [3.05, 3.63) is 31.9 Å². The van der Waals surface area contributed by atoms with Crippen molar-refractivity contribution in [2.45, 2.75) is 6.92 Å². The molecule has 1 rings (SSSR count). The van der Waals surface area contributed by atoms with Crippen LogP contribution in [0.5, 0.6) is 0 Å². The lowest BCUT2D eigenvalue weighted by Gasteiger charge is -2.05. The molecule has 4 heteroatoms. The summed E-state index contributed by atoms with van der Waals surface area (Å²) >= 11 is 13.4. The molecule has 0 radical (unpaired) electrons. The van der Waals surface area contributed by atoms with Gasteiger partial charge in [0.05, 0.1) is 5.88 Å². The minimum absolute atomic E-state index is 0.00418. The maximum atomic E-state index is 11.3. The van der Waals surface area contributed by atoms with Gasteiger partial charge >= 0.3 is 0 Å². The molecule has 0 bridgehead atoms. The topological polar surface area (TPSA) is 17.1 Å². The lowest BCUT2D eigenvalue weighted by atomic mass is 10.1. The Morgan fingerprint density at radius 1 is 1.54 bits per heavy atom. The van der Waals surface area contributed by atoms with Gasteiger partial charge in [0.15, 0.2) is 5.78 Å². The van der Waals surface area contributed by atoms with Gasteiger partial charge in [0.2, 0.25) is 0 Å². The van der Waals surface area contributed by atoms with E-state index >= 15 is 0 Å². The number of ketones is 1. The number of carbonyl (C=O) groups is 1. The third-order valence-corrected chi connectivity index (χ3v) is 3.53. The van der Waals surface area contributed by atoms with Crippen molar-refractivity contribution >= 4 is 51.6 Å². The Kier molecular flexibility index (Phi) is 4.01. The highest BCUT2D eigenvalue weighted by molar-refractivity contribution is 14.1. The molecule has 0 heterocycles. The van der Waals surface area contributed by atoms with Crippen molar-refractivity contribution in [1.29, 1.82) is 0 Å². The van der Waals surface area contributed by atoms with Crippen molar-refractivity contribution < 1.29 is 4.79 Å². The summed E-state index contributed by atoms with van der Waals surface area (Å²) in [6, 6.07) is 3.48. The van der Waals surface area contributed by atoms with Crippen LogP contribution in [-0.4, -0.2) is 11.7 Å². The lowest BCUT2D eigenvalue weighted by molar-refractivity contribution is 0.102. The summed E-state index contributed by atoms with van der Waals surface area (Å²) in [7, 11) is 0. The summed E-state index contributed by atoms with van der Waals surface area (Å²) in [6.45, 7) is 1.92. The van der Waals surface area contributed by atoms with E-state index in [9.17, 15) is 4.79 Å². The van der Waals surface area contributed by atoms with Gasteiger partial charge in [-0.05, 0) is 47.2 Å². The van der Waals surface area contributed by atoms with Gasteiger partial charge in [0, 0.05) is 14.2 Å². The van der Waals surface area contributed by atoms with E-state index in [4.69, 9.17) is 23.2 Å². The Morgan fingerprint density at radius 2 is 2.15 bits per heavy atom. The summed E-state index contributed by atoms with van der Waals surface area (Å²) in [6.07, 6.45) is 0. The number of hydrogen-bond acceptors (Lipinski definition) is 1. The van der Waals surface area contributed by atoms with Crippen molar-refractivity contribution in [1.82, 2.24) is 0 Å². The quantitative estimate of drug-likeness (QED) is 0.460. The SMILES string of the molecule is Cc1cc(Cl)cc(C(=O)CCl)c1I. The van der Waals surface area contributed by atoms with Gasteiger partial charge in [-0.3, -0.25) is 4.79 Å². The Bertz CT molecular complexity index is 350. The van der Waals surface area contributed by atoms with Crippen LogP contribution >= 0.6 is 45.8 Å². The normalized spacial score (nSPS) is 10.2. The second kappa shape index (κ2) is 4.62. The Labute approximate surface area is 101 Å². The number of alkyl halides is 1. The summed E-state index contributed by atoms with van der Waals surface area (Å²) in [5.74, 6) is -0.0906. The monoisotopic (exact) mass is 328 g/mol. The summed E-state index contributed by atoms with van der Waals surface area (Å²) in [5, 5.41) is 0.575. The van der Waals surface area contributed by atoms with Gasteiger partial charge in [-0.25, -0.2) is 0 Å². The minimum Gasteiger partial charge on any atom is -0.293 e. The summed E-state index contributed by atoms with van der Waals surface area (Å²) in [5.41, 5.74) is 1.61. The predicted molar refractivity (Wildman–Crippen MR) is 64.0 cm³/mol. The van der Waals surface area contributed by atoms with Crippen LogP contribution in [0.3, 0.4) is 0 Å². The van der Waals surface area contributed by atoms with E-state index < -0.39 is 0 Å². The fraction of sp³-hybridized carbons (Fsp3) is 0.222. The molecule has 0 atom stereocenters. The molecule has 0 unspecified atom stereocenters. The van der Waals surface area contributed by atoms with Crippen LogP contribution in [0.1, 0.15) is 15.9 Å². The van der Waals surface area contributed by atoms with Crippen LogP contribution in [-0.2, 0) is 0 Å². The first-order valence-corrected chi connectivity index (χ1v) is 5.60. The molecular weight excluding hydrogens is 322 g/mol. The van der Waals surface area contributed by atoms with Gasteiger partial charge in [0.25, 0.3) is 0 Å². The van der Waals surface area contributed by atoms with E-state index in [0.29, 0.717) is 10.6 Å². The molecule has 70 valence electrons. The van der Waals surface area contributed by atoms with E-state index in [1.54, 1.807) is 6.07 Å². The average molecular weight is 329 g/mol. The lowest BCUT2D eigenvalue weighted by Crippen LogP contribution is -2.04. The molecule has 0 amide bonds. The van der Waals surface area contributed by atoms with Crippen LogP contribution in [0.15, 0.2) is 12.1 Å². The van der Waals surface area contributed by atoms with Crippen molar-refractivity contribution in [3.8, 4) is 0 Å². The van der Waals surface area contributed by atoms with Crippen LogP contribution in [0.25, 0.3) is 0 Å². The molecule has 1 nitrogen and oxygen atoms in total. The van der Waals surface area contributed by atoms with E-state index in [-0.39, 0.29) is 11.7 Å². The molecule has 1 aromatic carbocycles. The maximum Gasteiger partial charge on any atom is 0.178 e.